The number of aryl methyl sites for hydroxylation is 1. The molecular weight excluding hydrogens is 318 g/mol. The predicted octanol–water partition coefficient (Wildman–Crippen LogP) is 3.91. The van der Waals surface area contributed by atoms with Crippen LogP contribution >= 0.6 is 15.9 Å². The van der Waals surface area contributed by atoms with Gasteiger partial charge in [0.05, 0.1) is 28.0 Å². The van der Waals surface area contributed by atoms with E-state index in [1.54, 1.807) is 7.11 Å². The minimum absolute atomic E-state index is 0.126. The van der Waals surface area contributed by atoms with Crippen LogP contribution in [0.25, 0.3) is 0 Å². The standard InChI is InChI=1S/C15H28BrN3O/c1-6-9-17-14(15(4,8-3)20-5)13-12(16)11-18-19(13)10-7-2/h11,14,17H,6-10H2,1-5H3. The van der Waals surface area contributed by atoms with Gasteiger partial charge in [-0.15, -0.1) is 0 Å². The van der Waals surface area contributed by atoms with E-state index >= 15 is 0 Å². The van der Waals surface area contributed by atoms with E-state index in [2.05, 4.69) is 58.7 Å². The van der Waals surface area contributed by atoms with Crippen LogP contribution in [-0.4, -0.2) is 29.0 Å². The zero-order valence-corrected chi connectivity index (χ0v) is 15.0. The molecule has 116 valence electrons. The quantitative estimate of drug-likeness (QED) is 0.737. The minimum Gasteiger partial charge on any atom is -0.376 e. The summed E-state index contributed by atoms with van der Waals surface area (Å²) >= 11 is 3.65. The third kappa shape index (κ3) is 3.83. The number of nitrogens with zero attached hydrogens (tertiary/aromatic N) is 2. The molecule has 1 aromatic rings. The molecule has 2 atom stereocenters. The second-order valence-electron chi connectivity index (χ2n) is 5.36. The molecule has 2 unspecified atom stereocenters. The topological polar surface area (TPSA) is 39.1 Å². The molecule has 1 heterocycles. The van der Waals surface area contributed by atoms with Crippen LogP contribution in [0.4, 0.5) is 0 Å². The lowest BCUT2D eigenvalue weighted by Gasteiger charge is -2.37. The monoisotopic (exact) mass is 345 g/mol. The van der Waals surface area contributed by atoms with Crippen molar-refractivity contribution < 1.29 is 4.74 Å². The van der Waals surface area contributed by atoms with Gasteiger partial charge in [0.1, 0.15) is 0 Å². The maximum absolute atomic E-state index is 5.83. The summed E-state index contributed by atoms with van der Waals surface area (Å²) in [6, 6.07) is 0.126. The summed E-state index contributed by atoms with van der Waals surface area (Å²) in [4.78, 5) is 0. The van der Waals surface area contributed by atoms with Crippen molar-refractivity contribution in [2.75, 3.05) is 13.7 Å². The van der Waals surface area contributed by atoms with Gasteiger partial charge in [0.15, 0.2) is 0 Å². The number of hydrogen-bond donors (Lipinski definition) is 1. The Balaban J connectivity index is 3.19. The van der Waals surface area contributed by atoms with Crippen LogP contribution in [0, 0.1) is 0 Å². The highest BCUT2D eigenvalue weighted by Gasteiger charge is 2.36. The molecule has 0 aliphatic carbocycles. The van der Waals surface area contributed by atoms with Gasteiger partial charge in [-0.25, -0.2) is 0 Å². The molecule has 0 aliphatic heterocycles. The Hall–Kier alpha value is -0.390. The highest BCUT2D eigenvalue weighted by atomic mass is 79.9. The van der Waals surface area contributed by atoms with Crippen LogP contribution in [0.5, 0.6) is 0 Å². The fourth-order valence-electron chi connectivity index (χ4n) is 2.41. The van der Waals surface area contributed by atoms with Gasteiger partial charge in [-0.05, 0) is 48.7 Å². The molecule has 1 rings (SSSR count). The number of halogens is 1. The molecule has 0 amide bonds. The summed E-state index contributed by atoms with van der Waals surface area (Å²) in [7, 11) is 1.79. The third-order valence-electron chi connectivity index (χ3n) is 3.92. The molecule has 1 aromatic heterocycles. The van der Waals surface area contributed by atoms with E-state index in [-0.39, 0.29) is 11.6 Å². The SMILES string of the molecule is CCCNC(c1c(Br)cnn1CCC)C(C)(CC)OC. The fraction of sp³-hybridized carbons (Fsp3) is 0.800. The molecule has 0 bridgehead atoms. The lowest BCUT2D eigenvalue weighted by molar-refractivity contribution is -0.0324. The predicted molar refractivity (Wildman–Crippen MR) is 87.0 cm³/mol. The van der Waals surface area contributed by atoms with E-state index < -0.39 is 0 Å². The second-order valence-corrected chi connectivity index (χ2v) is 6.21. The van der Waals surface area contributed by atoms with Crippen molar-refractivity contribution in [1.29, 1.82) is 0 Å². The number of hydrogen-bond acceptors (Lipinski definition) is 3. The molecule has 0 fully saturated rings. The Morgan fingerprint density at radius 1 is 1.40 bits per heavy atom. The highest BCUT2D eigenvalue weighted by Crippen LogP contribution is 2.35. The molecule has 0 radical (unpaired) electrons. The zero-order valence-electron chi connectivity index (χ0n) is 13.4. The maximum Gasteiger partial charge on any atom is 0.0857 e. The average Bonchev–Trinajstić information content (AvgIpc) is 2.81. The van der Waals surface area contributed by atoms with Crippen LogP contribution in [0.15, 0.2) is 10.7 Å². The van der Waals surface area contributed by atoms with Crippen molar-refractivity contribution >= 4 is 15.9 Å². The molecule has 0 saturated heterocycles. The lowest BCUT2D eigenvalue weighted by Crippen LogP contribution is -2.44. The van der Waals surface area contributed by atoms with Gasteiger partial charge in [0, 0.05) is 13.7 Å². The summed E-state index contributed by atoms with van der Waals surface area (Å²) in [6.07, 6.45) is 4.99. The minimum atomic E-state index is -0.247. The van der Waals surface area contributed by atoms with Crippen molar-refractivity contribution in [2.45, 2.75) is 65.1 Å². The summed E-state index contributed by atoms with van der Waals surface area (Å²) in [5, 5.41) is 8.13. The Bertz CT molecular complexity index is 402. The van der Waals surface area contributed by atoms with E-state index in [4.69, 9.17) is 4.74 Å². The van der Waals surface area contributed by atoms with Gasteiger partial charge < -0.3 is 10.1 Å². The largest absolute Gasteiger partial charge is 0.376 e. The first-order valence-corrected chi connectivity index (χ1v) is 8.33. The molecular formula is C15H28BrN3O. The first-order chi connectivity index (χ1) is 9.53. The Kier molecular flexibility index (Phi) is 7.20. The normalized spacial score (nSPS) is 16.1. The zero-order chi connectivity index (χ0) is 15.2. The van der Waals surface area contributed by atoms with Gasteiger partial charge in [-0.2, -0.15) is 5.10 Å². The van der Waals surface area contributed by atoms with Crippen molar-refractivity contribution in [2.24, 2.45) is 0 Å². The molecule has 0 saturated carbocycles. The van der Waals surface area contributed by atoms with Gasteiger partial charge >= 0.3 is 0 Å². The molecule has 1 N–H and O–H groups in total. The maximum atomic E-state index is 5.83. The first kappa shape index (κ1) is 17.7. The molecule has 4 nitrogen and oxygen atoms in total. The Labute approximate surface area is 131 Å². The van der Waals surface area contributed by atoms with Crippen LogP contribution < -0.4 is 5.32 Å². The summed E-state index contributed by atoms with van der Waals surface area (Å²) in [5.41, 5.74) is 0.940. The van der Waals surface area contributed by atoms with Gasteiger partial charge in [0.2, 0.25) is 0 Å². The van der Waals surface area contributed by atoms with Gasteiger partial charge in [0.25, 0.3) is 0 Å². The third-order valence-corrected chi connectivity index (χ3v) is 4.53. The molecule has 0 spiro atoms. The molecule has 20 heavy (non-hydrogen) atoms. The van der Waals surface area contributed by atoms with E-state index in [1.165, 1.54) is 5.69 Å². The summed E-state index contributed by atoms with van der Waals surface area (Å²) in [5.74, 6) is 0. The van der Waals surface area contributed by atoms with E-state index in [1.807, 2.05) is 6.20 Å². The molecule has 5 heteroatoms. The van der Waals surface area contributed by atoms with Crippen LogP contribution in [0.3, 0.4) is 0 Å². The summed E-state index contributed by atoms with van der Waals surface area (Å²) < 4.78 is 8.97. The average molecular weight is 346 g/mol. The van der Waals surface area contributed by atoms with E-state index in [9.17, 15) is 0 Å². The number of methoxy groups -OCH3 is 1. The number of ether oxygens (including phenoxy) is 1. The smallest absolute Gasteiger partial charge is 0.0857 e. The van der Waals surface area contributed by atoms with Crippen molar-refractivity contribution in [3.8, 4) is 0 Å². The Morgan fingerprint density at radius 2 is 2.10 bits per heavy atom. The molecule has 0 aromatic carbocycles. The summed E-state index contributed by atoms with van der Waals surface area (Å²) in [6.45, 7) is 10.6. The lowest BCUT2D eigenvalue weighted by atomic mass is 9.90. The van der Waals surface area contributed by atoms with Crippen LogP contribution in [0.1, 0.15) is 58.7 Å². The van der Waals surface area contributed by atoms with Crippen molar-refractivity contribution in [1.82, 2.24) is 15.1 Å². The molecule has 0 aliphatic rings. The van der Waals surface area contributed by atoms with E-state index in [0.717, 1.165) is 36.8 Å². The van der Waals surface area contributed by atoms with Crippen LogP contribution in [0.2, 0.25) is 0 Å². The van der Waals surface area contributed by atoms with Gasteiger partial charge in [-0.3, -0.25) is 4.68 Å². The number of nitrogens with one attached hydrogen (secondary N) is 1. The van der Waals surface area contributed by atoms with Crippen LogP contribution in [-0.2, 0) is 11.3 Å². The van der Waals surface area contributed by atoms with E-state index in [0.29, 0.717) is 0 Å². The Morgan fingerprint density at radius 3 is 2.60 bits per heavy atom. The fourth-order valence-corrected chi connectivity index (χ4v) is 2.93. The first-order valence-electron chi connectivity index (χ1n) is 7.53. The number of rotatable bonds is 9. The van der Waals surface area contributed by atoms with Crippen molar-refractivity contribution in [3.05, 3.63) is 16.4 Å². The highest BCUT2D eigenvalue weighted by molar-refractivity contribution is 9.10. The number of aromatic nitrogens is 2. The van der Waals surface area contributed by atoms with Gasteiger partial charge in [-0.1, -0.05) is 20.8 Å². The second kappa shape index (κ2) is 8.15. The van der Waals surface area contributed by atoms with Crippen molar-refractivity contribution in [3.63, 3.8) is 0 Å².